The number of carbonyl (C=O) groups excluding carboxylic acids is 1. The van der Waals surface area contributed by atoms with Crippen LogP contribution in [0.25, 0.3) is 11.3 Å². The van der Waals surface area contributed by atoms with Gasteiger partial charge in [-0.3, -0.25) is 0 Å². The zero-order chi connectivity index (χ0) is 16.6. The van der Waals surface area contributed by atoms with Crippen molar-refractivity contribution in [3.05, 3.63) is 36.2 Å². The fourth-order valence-electron chi connectivity index (χ4n) is 1.88. The van der Waals surface area contributed by atoms with Gasteiger partial charge in [0, 0.05) is 15.2 Å². The lowest BCUT2D eigenvalue weighted by molar-refractivity contribution is 0.0601. The van der Waals surface area contributed by atoms with Gasteiger partial charge in [0.05, 0.1) is 29.1 Å². The second-order valence-electron chi connectivity index (χ2n) is 4.25. The number of hydrogen-bond donors (Lipinski definition) is 1. The van der Waals surface area contributed by atoms with E-state index >= 15 is 0 Å². The molecule has 1 heterocycles. The first-order chi connectivity index (χ1) is 10.3. The van der Waals surface area contributed by atoms with Crippen molar-refractivity contribution >= 4 is 69.1 Å². The summed E-state index contributed by atoms with van der Waals surface area (Å²) in [5, 5.41) is 0.206. The molecule has 0 spiro atoms. The summed E-state index contributed by atoms with van der Waals surface area (Å²) in [6.07, 6.45) is 0. The summed E-state index contributed by atoms with van der Waals surface area (Å²) in [7, 11) is 1.26. The highest BCUT2D eigenvalue weighted by molar-refractivity contribution is 14.1. The maximum atomic E-state index is 12.1. The smallest absolute Gasteiger partial charge is 0.340 e. The van der Waals surface area contributed by atoms with Gasteiger partial charge in [0.15, 0.2) is 0 Å². The number of ether oxygens (including phenoxy) is 1. The second-order valence-corrected chi connectivity index (χ2v) is 6.44. The van der Waals surface area contributed by atoms with Gasteiger partial charge >= 0.3 is 5.97 Å². The Morgan fingerprint density at radius 3 is 2.50 bits per heavy atom. The average Bonchev–Trinajstić information content (AvgIpc) is 2.46. The SMILES string of the molecule is COC(=O)c1c(Cl)c(N)c(C)c(I)c1-c1cc(Cl)nc(Cl)n1. The number of halogens is 4. The summed E-state index contributed by atoms with van der Waals surface area (Å²) >= 11 is 20.1. The Kier molecular flexibility index (Phi) is 5.37. The number of esters is 1. The number of anilines is 1. The maximum Gasteiger partial charge on any atom is 0.340 e. The van der Waals surface area contributed by atoms with Crippen molar-refractivity contribution in [1.82, 2.24) is 9.97 Å². The van der Waals surface area contributed by atoms with Crippen molar-refractivity contribution in [2.24, 2.45) is 0 Å². The molecule has 9 heteroatoms. The van der Waals surface area contributed by atoms with Crippen molar-refractivity contribution in [1.29, 1.82) is 0 Å². The molecule has 2 aromatic rings. The first kappa shape index (κ1) is 17.5. The first-order valence-electron chi connectivity index (χ1n) is 5.83. The molecule has 0 atom stereocenters. The van der Waals surface area contributed by atoms with Gasteiger partial charge in [0.2, 0.25) is 5.28 Å². The molecule has 5 nitrogen and oxygen atoms in total. The molecule has 1 aromatic heterocycles. The van der Waals surface area contributed by atoms with Crippen LogP contribution in [0, 0.1) is 10.5 Å². The summed E-state index contributed by atoms with van der Waals surface area (Å²) < 4.78 is 5.50. The molecule has 116 valence electrons. The number of nitrogens with two attached hydrogens (primary N) is 1. The fourth-order valence-corrected chi connectivity index (χ4v) is 3.44. The molecule has 0 unspecified atom stereocenters. The van der Waals surface area contributed by atoms with E-state index < -0.39 is 5.97 Å². The van der Waals surface area contributed by atoms with Crippen LogP contribution in [0.5, 0.6) is 0 Å². The monoisotopic (exact) mass is 471 g/mol. The minimum atomic E-state index is -0.629. The lowest BCUT2D eigenvalue weighted by atomic mass is 9.99. The number of methoxy groups -OCH3 is 1. The van der Waals surface area contributed by atoms with E-state index in [1.165, 1.54) is 13.2 Å². The van der Waals surface area contributed by atoms with Gasteiger partial charge in [0.1, 0.15) is 5.15 Å². The molecular weight excluding hydrogens is 463 g/mol. The molecule has 0 aliphatic heterocycles. The van der Waals surface area contributed by atoms with Gasteiger partial charge in [-0.1, -0.05) is 23.2 Å². The third-order valence-electron chi connectivity index (χ3n) is 2.97. The summed E-state index contributed by atoms with van der Waals surface area (Å²) in [5.74, 6) is -0.629. The van der Waals surface area contributed by atoms with Crippen molar-refractivity contribution in [2.45, 2.75) is 6.92 Å². The van der Waals surface area contributed by atoms with Crippen LogP contribution < -0.4 is 5.73 Å². The van der Waals surface area contributed by atoms with Crippen molar-refractivity contribution in [3.8, 4) is 11.3 Å². The average molecular weight is 472 g/mol. The Labute approximate surface area is 155 Å². The predicted molar refractivity (Wildman–Crippen MR) is 95.7 cm³/mol. The van der Waals surface area contributed by atoms with Crippen LogP contribution in [-0.4, -0.2) is 23.0 Å². The van der Waals surface area contributed by atoms with Crippen LogP contribution in [-0.2, 0) is 4.74 Å². The molecule has 0 aliphatic rings. The highest BCUT2D eigenvalue weighted by atomic mass is 127. The third kappa shape index (κ3) is 3.10. The van der Waals surface area contributed by atoms with Gasteiger partial charge in [-0.25, -0.2) is 14.8 Å². The van der Waals surface area contributed by atoms with E-state index in [1.807, 2.05) is 0 Å². The molecule has 0 aliphatic carbocycles. The zero-order valence-corrected chi connectivity index (χ0v) is 15.8. The predicted octanol–water partition coefficient (Wildman–Crippen LogP) is 4.39. The molecule has 0 radical (unpaired) electrons. The second kappa shape index (κ2) is 6.74. The number of carbonyl (C=O) groups is 1. The topological polar surface area (TPSA) is 78.1 Å². The van der Waals surface area contributed by atoms with Crippen LogP contribution in [0.15, 0.2) is 6.07 Å². The van der Waals surface area contributed by atoms with E-state index in [4.69, 9.17) is 45.3 Å². The number of hydrogen-bond acceptors (Lipinski definition) is 5. The number of nitrogen functional groups attached to an aromatic ring is 1. The largest absolute Gasteiger partial charge is 0.465 e. The van der Waals surface area contributed by atoms with Crippen LogP contribution in [0.4, 0.5) is 5.69 Å². The first-order valence-corrected chi connectivity index (χ1v) is 8.05. The van der Waals surface area contributed by atoms with Gasteiger partial charge in [0.25, 0.3) is 0 Å². The Morgan fingerprint density at radius 2 is 1.95 bits per heavy atom. The highest BCUT2D eigenvalue weighted by Crippen LogP contribution is 2.40. The molecule has 1 aromatic carbocycles. The molecular formula is C13H9Cl3IN3O2. The van der Waals surface area contributed by atoms with Crippen LogP contribution in [0.3, 0.4) is 0 Å². The zero-order valence-electron chi connectivity index (χ0n) is 11.4. The molecule has 0 fully saturated rings. The highest BCUT2D eigenvalue weighted by Gasteiger charge is 2.26. The summed E-state index contributed by atoms with van der Waals surface area (Å²) in [4.78, 5) is 20.0. The Morgan fingerprint density at radius 1 is 1.32 bits per heavy atom. The van der Waals surface area contributed by atoms with Gasteiger partial charge < -0.3 is 10.5 Å². The summed E-state index contributed by atoms with van der Waals surface area (Å²) in [5.41, 5.74) is 7.91. The third-order valence-corrected chi connectivity index (χ3v) is 5.08. The van der Waals surface area contributed by atoms with E-state index in [0.717, 1.165) is 5.56 Å². The lowest BCUT2D eigenvalue weighted by Gasteiger charge is -2.16. The number of aromatic nitrogens is 2. The molecule has 0 saturated carbocycles. The Balaban J connectivity index is 2.92. The quantitative estimate of drug-likeness (QED) is 0.231. The summed E-state index contributed by atoms with van der Waals surface area (Å²) in [6.45, 7) is 1.79. The molecule has 22 heavy (non-hydrogen) atoms. The fraction of sp³-hybridized carbons (Fsp3) is 0.154. The summed E-state index contributed by atoms with van der Waals surface area (Å²) in [6, 6.07) is 1.49. The van der Waals surface area contributed by atoms with Crippen molar-refractivity contribution < 1.29 is 9.53 Å². The molecule has 0 saturated heterocycles. The normalized spacial score (nSPS) is 10.6. The van der Waals surface area contributed by atoms with Crippen molar-refractivity contribution in [3.63, 3.8) is 0 Å². The Hall–Kier alpha value is -0.830. The van der Waals surface area contributed by atoms with Gasteiger partial charge in [-0.05, 0) is 46.7 Å². The van der Waals surface area contributed by atoms with E-state index in [2.05, 4.69) is 32.6 Å². The minimum Gasteiger partial charge on any atom is -0.465 e. The molecule has 2 N–H and O–H groups in total. The van der Waals surface area contributed by atoms with Crippen LogP contribution in [0.2, 0.25) is 15.5 Å². The maximum absolute atomic E-state index is 12.1. The Bertz CT molecular complexity index is 764. The van der Waals surface area contributed by atoms with E-state index in [-0.39, 0.29) is 21.0 Å². The molecule has 0 bridgehead atoms. The van der Waals surface area contributed by atoms with Crippen LogP contribution >= 0.6 is 57.4 Å². The number of rotatable bonds is 2. The van der Waals surface area contributed by atoms with Crippen LogP contribution in [0.1, 0.15) is 15.9 Å². The van der Waals surface area contributed by atoms with Gasteiger partial charge in [-0.15, -0.1) is 0 Å². The number of benzene rings is 1. The standard InChI is InChI=1S/C13H9Cl3IN3O2/c1-4-10(17)7(5-3-6(14)20-13(16)19-5)8(12(21)22-2)9(15)11(4)18/h3H,18H2,1-2H3. The lowest BCUT2D eigenvalue weighted by Crippen LogP contribution is -2.10. The van der Waals surface area contributed by atoms with E-state index in [0.29, 0.717) is 20.5 Å². The van der Waals surface area contributed by atoms with Gasteiger partial charge in [-0.2, -0.15) is 0 Å². The van der Waals surface area contributed by atoms with E-state index in [1.54, 1.807) is 6.92 Å². The molecule has 2 rings (SSSR count). The van der Waals surface area contributed by atoms with E-state index in [9.17, 15) is 4.79 Å². The minimum absolute atomic E-state index is 0.0419. The number of nitrogens with zero attached hydrogens (tertiary/aromatic N) is 2. The van der Waals surface area contributed by atoms with Crippen molar-refractivity contribution in [2.75, 3.05) is 12.8 Å². The molecule has 0 amide bonds.